The molecule has 2 rings (SSSR count). The zero-order chi connectivity index (χ0) is 10.8. The second-order valence-corrected chi connectivity index (χ2v) is 4.10. The first-order valence-electron chi connectivity index (χ1n) is 4.67. The lowest BCUT2D eigenvalue weighted by atomic mass is 10.5. The molecule has 80 valence electrons. The highest BCUT2D eigenvalue weighted by molar-refractivity contribution is 9.09. The molecule has 6 heteroatoms. The maximum Gasteiger partial charge on any atom is 0.203 e. The first kappa shape index (κ1) is 10.4. The summed E-state index contributed by atoms with van der Waals surface area (Å²) in [6, 6.07) is 0. The van der Waals surface area contributed by atoms with Gasteiger partial charge in [0.05, 0.1) is 0 Å². The Morgan fingerprint density at radius 2 is 2.27 bits per heavy atom. The van der Waals surface area contributed by atoms with Crippen molar-refractivity contribution < 1.29 is 0 Å². The summed E-state index contributed by atoms with van der Waals surface area (Å²) in [6.45, 7) is 2.81. The Bertz CT molecular complexity index is 466. The van der Waals surface area contributed by atoms with Crippen LogP contribution in [0, 0.1) is 6.92 Å². The number of anilines is 1. The fourth-order valence-electron chi connectivity index (χ4n) is 1.43. The van der Waals surface area contributed by atoms with Gasteiger partial charge in [-0.15, -0.1) is 10.2 Å². The summed E-state index contributed by atoms with van der Waals surface area (Å²) < 4.78 is 1.94. The molecule has 2 aromatic heterocycles. The van der Waals surface area contributed by atoms with E-state index in [9.17, 15) is 0 Å². The van der Waals surface area contributed by atoms with Crippen LogP contribution in [0.1, 0.15) is 5.82 Å². The van der Waals surface area contributed by atoms with Crippen LogP contribution in [0.15, 0.2) is 12.4 Å². The molecule has 0 radical (unpaired) electrons. The van der Waals surface area contributed by atoms with Crippen molar-refractivity contribution in [2.45, 2.75) is 6.92 Å². The van der Waals surface area contributed by atoms with Crippen molar-refractivity contribution in [3.8, 4) is 0 Å². The van der Waals surface area contributed by atoms with Gasteiger partial charge in [0.25, 0.3) is 0 Å². The van der Waals surface area contributed by atoms with Gasteiger partial charge in [-0.05, 0) is 6.92 Å². The van der Waals surface area contributed by atoms with Crippen LogP contribution in [0.25, 0.3) is 5.65 Å². The van der Waals surface area contributed by atoms with Crippen molar-refractivity contribution >= 4 is 27.4 Å². The van der Waals surface area contributed by atoms with Gasteiger partial charge in [-0.3, -0.25) is 4.40 Å². The molecule has 0 aliphatic heterocycles. The van der Waals surface area contributed by atoms with E-state index in [1.165, 1.54) is 0 Å². The highest BCUT2D eigenvalue weighted by Crippen LogP contribution is 2.15. The van der Waals surface area contributed by atoms with Crippen LogP contribution >= 0.6 is 15.9 Å². The minimum Gasteiger partial charge on any atom is -0.356 e. The quantitative estimate of drug-likeness (QED) is 0.788. The van der Waals surface area contributed by atoms with Crippen molar-refractivity contribution in [1.82, 2.24) is 19.6 Å². The number of rotatable bonds is 3. The van der Waals surface area contributed by atoms with Crippen LogP contribution in [0.4, 0.5) is 5.82 Å². The predicted octanol–water partition coefficient (Wildman–Crippen LogP) is 1.26. The topological polar surface area (TPSA) is 46.3 Å². The molecular formula is C9H12BrN5. The second kappa shape index (κ2) is 4.14. The van der Waals surface area contributed by atoms with Gasteiger partial charge in [-0.1, -0.05) is 15.9 Å². The van der Waals surface area contributed by atoms with E-state index in [0.29, 0.717) is 0 Å². The fraction of sp³-hybridized carbons (Fsp3) is 0.444. The average Bonchev–Trinajstić information content (AvgIpc) is 2.61. The van der Waals surface area contributed by atoms with E-state index < -0.39 is 0 Å². The van der Waals surface area contributed by atoms with E-state index in [1.807, 2.05) is 24.6 Å². The number of fused-ring (bicyclic) bond motifs is 1. The van der Waals surface area contributed by atoms with E-state index in [4.69, 9.17) is 0 Å². The highest BCUT2D eigenvalue weighted by atomic mass is 79.9. The third-order valence-electron chi connectivity index (χ3n) is 2.26. The Morgan fingerprint density at radius 1 is 1.47 bits per heavy atom. The Balaban J connectivity index is 2.51. The van der Waals surface area contributed by atoms with Gasteiger partial charge >= 0.3 is 0 Å². The summed E-state index contributed by atoms with van der Waals surface area (Å²) in [6.07, 6.45) is 3.64. The Kier molecular flexibility index (Phi) is 2.86. The average molecular weight is 270 g/mol. The molecule has 0 atom stereocenters. The minimum absolute atomic E-state index is 0.804. The number of alkyl halides is 1. The van der Waals surface area contributed by atoms with Gasteiger partial charge in [-0.25, -0.2) is 4.98 Å². The molecule has 2 aromatic rings. The van der Waals surface area contributed by atoms with Gasteiger partial charge in [0.1, 0.15) is 5.82 Å². The molecule has 0 amide bonds. The summed E-state index contributed by atoms with van der Waals surface area (Å²) in [5.74, 6) is 1.73. The number of aryl methyl sites for hydroxylation is 1. The molecule has 0 aromatic carbocycles. The third-order valence-corrected chi connectivity index (χ3v) is 2.61. The molecule has 15 heavy (non-hydrogen) atoms. The molecule has 0 fully saturated rings. The normalized spacial score (nSPS) is 10.9. The van der Waals surface area contributed by atoms with E-state index in [2.05, 4.69) is 36.0 Å². The highest BCUT2D eigenvalue weighted by Gasteiger charge is 2.10. The van der Waals surface area contributed by atoms with Crippen LogP contribution in [0.3, 0.4) is 0 Å². The summed E-state index contributed by atoms with van der Waals surface area (Å²) in [5.41, 5.74) is 0.804. The van der Waals surface area contributed by atoms with Crippen molar-refractivity contribution in [2.24, 2.45) is 0 Å². The van der Waals surface area contributed by atoms with Gasteiger partial charge in [0.15, 0.2) is 5.82 Å². The van der Waals surface area contributed by atoms with E-state index >= 15 is 0 Å². The summed E-state index contributed by atoms with van der Waals surface area (Å²) in [5, 5.41) is 9.05. The molecule has 5 nitrogen and oxygen atoms in total. The smallest absolute Gasteiger partial charge is 0.203 e. The standard InChI is InChI=1S/C9H12BrN5/c1-7-12-13-9-8(14(2)5-3-10)11-4-6-15(7)9/h4,6H,3,5H2,1-2H3. The van der Waals surface area contributed by atoms with Crippen LogP contribution in [-0.2, 0) is 0 Å². The summed E-state index contributed by atoms with van der Waals surface area (Å²) in [7, 11) is 1.99. The molecule has 0 spiro atoms. The van der Waals surface area contributed by atoms with E-state index in [-0.39, 0.29) is 0 Å². The zero-order valence-corrected chi connectivity index (χ0v) is 10.3. The van der Waals surface area contributed by atoms with E-state index in [1.54, 1.807) is 6.20 Å². The predicted molar refractivity (Wildman–Crippen MR) is 62.6 cm³/mol. The van der Waals surface area contributed by atoms with E-state index in [0.717, 1.165) is 29.2 Å². The molecule has 2 heterocycles. The first-order valence-corrected chi connectivity index (χ1v) is 5.79. The van der Waals surface area contributed by atoms with Crippen LogP contribution in [0.2, 0.25) is 0 Å². The summed E-state index contributed by atoms with van der Waals surface area (Å²) >= 11 is 3.40. The SMILES string of the molecule is Cc1nnc2c(N(C)CCBr)nccn12. The lowest BCUT2D eigenvalue weighted by Crippen LogP contribution is -2.21. The number of halogens is 1. The third kappa shape index (κ3) is 1.81. The molecule has 0 unspecified atom stereocenters. The van der Waals surface area contributed by atoms with Crippen molar-refractivity contribution in [3.63, 3.8) is 0 Å². The van der Waals surface area contributed by atoms with Crippen molar-refractivity contribution in [2.75, 3.05) is 23.8 Å². The fourth-order valence-corrected chi connectivity index (χ4v) is 1.96. The van der Waals surface area contributed by atoms with Gasteiger partial charge in [-0.2, -0.15) is 0 Å². The van der Waals surface area contributed by atoms with Crippen LogP contribution < -0.4 is 4.90 Å². The Morgan fingerprint density at radius 3 is 3.00 bits per heavy atom. The first-order chi connectivity index (χ1) is 7.24. The maximum absolute atomic E-state index is 4.32. The van der Waals surface area contributed by atoms with Gasteiger partial charge in [0.2, 0.25) is 5.65 Å². The zero-order valence-electron chi connectivity index (χ0n) is 8.68. The lowest BCUT2D eigenvalue weighted by molar-refractivity contribution is 0.935. The number of hydrogen-bond acceptors (Lipinski definition) is 4. The minimum atomic E-state index is 0.804. The largest absolute Gasteiger partial charge is 0.356 e. The molecule has 0 saturated heterocycles. The Hall–Kier alpha value is -1.17. The van der Waals surface area contributed by atoms with Gasteiger partial charge < -0.3 is 4.90 Å². The second-order valence-electron chi connectivity index (χ2n) is 3.30. The molecule has 0 saturated carbocycles. The molecule has 0 aliphatic carbocycles. The van der Waals surface area contributed by atoms with Crippen LogP contribution in [-0.4, -0.2) is 38.5 Å². The van der Waals surface area contributed by atoms with Crippen LogP contribution in [0.5, 0.6) is 0 Å². The van der Waals surface area contributed by atoms with Crippen molar-refractivity contribution in [1.29, 1.82) is 0 Å². The molecular weight excluding hydrogens is 258 g/mol. The Labute approximate surface area is 96.3 Å². The molecule has 0 bridgehead atoms. The maximum atomic E-state index is 4.32. The molecule has 0 N–H and O–H groups in total. The number of aromatic nitrogens is 4. The number of nitrogens with zero attached hydrogens (tertiary/aromatic N) is 5. The number of hydrogen-bond donors (Lipinski definition) is 0. The molecule has 0 aliphatic rings. The van der Waals surface area contributed by atoms with Crippen molar-refractivity contribution in [3.05, 3.63) is 18.2 Å². The lowest BCUT2D eigenvalue weighted by Gasteiger charge is -2.16. The van der Waals surface area contributed by atoms with Gasteiger partial charge in [0, 0.05) is 31.3 Å². The summed E-state index contributed by atoms with van der Waals surface area (Å²) in [4.78, 5) is 6.37. The monoisotopic (exact) mass is 269 g/mol.